The van der Waals surface area contributed by atoms with E-state index in [0.717, 1.165) is 0 Å². The number of amides is 1. The van der Waals surface area contributed by atoms with E-state index in [4.69, 9.17) is 5.73 Å². The van der Waals surface area contributed by atoms with Crippen molar-refractivity contribution >= 4 is 5.91 Å². The Morgan fingerprint density at radius 1 is 1.35 bits per heavy atom. The minimum Gasteiger partial charge on any atom is -0.335 e. The Hall–Kier alpha value is -1.35. The van der Waals surface area contributed by atoms with Crippen molar-refractivity contribution in [3.8, 4) is 0 Å². The molecule has 1 amide bonds. The van der Waals surface area contributed by atoms with Crippen LogP contribution < -0.4 is 5.73 Å². The monoisotopic (exact) mass is 232 g/mol. The summed E-state index contributed by atoms with van der Waals surface area (Å²) < 4.78 is 0. The second-order valence-electron chi connectivity index (χ2n) is 4.95. The average molecular weight is 232 g/mol. The van der Waals surface area contributed by atoms with E-state index in [0.29, 0.717) is 25.4 Å². The zero-order chi connectivity index (χ0) is 12.4. The van der Waals surface area contributed by atoms with Crippen LogP contribution in [-0.4, -0.2) is 23.4 Å². The molecule has 1 aliphatic heterocycles. The fourth-order valence-electron chi connectivity index (χ4n) is 2.40. The fraction of sp³-hybridized carbons (Fsp3) is 0.500. The van der Waals surface area contributed by atoms with Gasteiger partial charge in [0.1, 0.15) is 0 Å². The van der Waals surface area contributed by atoms with Crippen LogP contribution in [0.25, 0.3) is 0 Å². The topological polar surface area (TPSA) is 46.3 Å². The lowest BCUT2D eigenvalue weighted by atomic mass is 10.0. The Balaban J connectivity index is 2.08. The van der Waals surface area contributed by atoms with Gasteiger partial charge in [-0.05, 0) is 26.0 Å². The summed E-state index contributed by atoms with van der Waals surface area (Å²) in [6.07, 6.45) is 0.601. The Kier molecular flexibility index (Phi) is 3.48. The SMILES string of the molecule is Cc1ccc(CN2C(=O)CC(CN)C2C)cc1. The molecule has 0 bridgehead atoms. The smallest absolute Gasteiger partial charge is 0.223 e. The first-order chi connectivity index (χ1) is 8.11. The third kappa shape index (κ3) is 2.50. The van der Waals surface area contributed by atoms with Crippen molar-refractivity contribution in [1.29, 1.82) is 0 Å². The van der Waals surface area contributed by atoms with Crippen LogP contribution in [0.2, 0.25) is 0 Å². The van der Waals surface area contributed by atoms with E-state index in [9.17, 15) is 4.79 Å². The molecule has 2 unspecified atom stereocenters. The quantitative estimate of drug-likeness (QED) is 0.862. The van der Waals surface area contributed by atoms with Crippen LogP contribution >= 0.6 is 0 Å². The Morgan fingerprint density at radius 3 is 2.53 bits per heavy atom. The fourth-order valence-corrected chi connectivity index (χ4v) is 2.40. The molecule has 0 radical (unpaired) electrons. The number of carbonyl (C=O) groups excluding carboxylic acids is 1. The minimum absolute atomic E-state index is 0.230. The first-order valence-electron chi connectivity index (χ1n) is 6.17. The van der Waals surface area contributed by atoms with Crippen LogP contribution in [-0.2, 0) is 11.3 Å². The maximum absolute atomic E-state index is 11.9. The normalized spacial score (nSPS) is 24.4. The molecule has 1 aromatic carbocycles. The lowest BCUT2D eigenvalue weighted by Crippen LogP contribution is -2.34. The molecule has 1 aliphatic rings. The first kappa shape index (κ1) is 12.1. The maximum atomic E-state index is 11.9. The summed E-state index contributed by atoms with van der Waals surface area (Å²) in [5, 5.41) is 0. The van der Waals surface area contributed by atoms with Crippen LogP contribution in [0, 0.1) is 12.8 Å². The highest BCUT2D eigenvalue weighted by atomic mass is 16.2. The molecule has 0 spiro atoms. The number of hydrogen-bond donors (Lipinski definition) is 1. The maximum Gasteiger partial charge on any atom is 0.223 e. The van der Waals surface area contributed by atoms with E-state index in [2.05, 4.69) is 38.1 Å². The molecule has 2 atom stereocenters. The predicted octanol–water partition coefficient (Wildman–Crippen LogP) is 1.69. The molecule has 92 valence electrons. The van der Waals surface area contributed by atoms with Crippen molar-refractivity contribution in [3.05, 3.63) is 35.4 Å². The molecular weight excluding hydrogens is 212 g/mol. The summed E-state index contributed by atoms with van der Waals surface area (Å²) in [5.74, 6) is 0.543. The molecule has 1 heterocycles. The van der Waals surface area contributed by atoms with Gasteiger partial charge in [0.25, 0.3) is 0 Å². The molecule has 2 rings (SSSR count). The predicted molar refractivity (Wildman–Crippen MR) is 68.4 cm³/mol. The van der Waals surface area contributed by atoms with Crippen molar-refractivity contribution in [1.82, 2.24) is 4.90 Å². The molecule has 0 aliphatic carbocycles. The number of benzene rings is 1. The van der Waals surface area contributed by atoms with Gasteiger partial charge in [-0.3, -0.25) is 4.79 Å². The van der Waals surface area contributed by atoms with Crippen LogP contribution in [0.5, 0.6) is 0 Å². The van der Waals surface area contributed by atoms with Gasteiger partial charge < -0.3 is 10.6 Å². The second-order valence-corrected chi connectivity index (χ2v) is 4.95. The molecule has 2 N–H and O–H groups in total. The lowest BCUT2D eigenvalue weighted by Gasteiger charge is -2.24. The summed E-state index contributed by atoms with van der Waals surface area (Å²) in [6.45, 7) is 5.46. The van der Waals surface area contributed by atoms with E-state index >= 15 is 0 Å². The molecule has 1 fully saturated rings. The molecular formula is C14H20N2O. The molecule has 17 heavy (non-hydrogen) atoms. The Bertz CT molecular complexity index is 399. The van der Waals surface area contributed by atoms with Gasteiger partial charge >= 0.3 is 0 Å². The molecule has 0 aromatic heterocycles. The van der Waals surface area contributed by atoms with Crippen molar-refractivity contribution in [2.75, 3.05) is 6.54 Å². The van der Waals surface area contributed by atoms with Gasteiger partial charge in [-0.15, -0.1) is 0 Å². The Labute approximate surface area is 103 Å². The van der Waals surface area contributed by atoms with Gasteiger partial charge in [-0.1, -0.05) is 29.8 Å². The van der Waals surface area contributed by atoms with Gasteiger partial charge in [0.2, 0.25) is 5.91 Å². The van der Waals surface area contributed by atoms with Crippen molar-refractivity contribution in [2.24, 2.45) is 11.7 Å². The first-order valence-corrected chi connectivity index (χ1v) is 6.17. The van der Waals surface area contributed by atoms with Crippen LogP contribution in [0.15, 0.2) is 24.3 Å². The molecule has 3 nitrogen and oxygen atoms in total. The standard InChI is InChI=1S/C14H20N2O/c1-10-3-5-12(6-4-10)9-16-11(2)13(8-15)7-14(16)17/h3-6,11,13H,7-9,15H2,1-2H3. The summed E-state index contributed by atoms with van der Waals surface area (Å²) in [7, 11) is 0. The van der Waals surface area contributed by atoms with Gasteiger partial charge in [0, 0.05) is 24.9 Å². The number of likely N-dealkylation sites (tertiary alicyclic amines) is 1. The summed E-state index contributed by atoms with van der Waals surface area (Å²) in [6, 6.07) is 8.60. The Morgan fingerprint density at radius 2 is 2.00 bits per heavy atom. The molecule has 1 saturated heterocycles. The van der Waals surface area contributed by atoms with E-state index in [-0.39, 0.29) is 11.9 Å². The summed E-state index contributed by atoms with van der Waals surface area (Å²) in [4.78, 5) is 13.8. The number of carbonyl (C=O) groups is 1. The molecule has 0 saturated carbocycles. The van der Waals surface area contributed by atoms with Crippen LogP contribution in [0.1, 0.15) is 24.5 Å². The van der Waals surface area contributed by atoms with E-state index < -0.39 is 0 Å². The van der Waals surface area contributed by atoms with E-state index in [1.165, 1.54) is 11.1 Å². The number of nitrogens with zero attached hydrogens (tertiary/aromatic N) is 1. The number of rotatable bonds is 3. The highest BCUT2D eigenvalue weighted by Crippen LogP contribution is 2.26. The van der Waals surface area contributed by atoms with E-state index in [1.54, 1.807) is 0 Å². The number of nitrogens with two attached hydrogens (primary N) is 1. The molecule has 3 heteroatoms. The van der Waals surface area contributed by atoms with Gasteiger partial charge in [-0.25, -0.2) is 0 Å². The zero-order valence-corrected chi connectivity index (χ0v) is 10.5. The van der Waals surface area contributed by atoms with Crippen molar-refractivity contribution in [2.45, 2.75) is 32.9 Å². The van der Waals surface area contributed by atoms with Crippen molar-refractivity contribution in [3.63, 3.8) is 0 Å². The largest absolute Gasteiger partial charge is 0.335 e. The third-order valence-electron chi connectivity index (χ3n) is 3.71. The lowest BCUT2D eigenvalue weighted by molar-refractivity contribution is -0.129. The molecule has 1 aromatic rings. The third-order valence-corrected chi connectivity index (χ3v) is 3.71. The minimum atomic E-state index is 0.230. The van der Waals surface area contributed by atoms with Crippen molar-refractivity contribution < 1.29 is 4.79 Å². The highest BCUT2D eigenvalue weighted by molar-refractivity contribution is 5.79. The zero-order valence-electron chi connectivity index (χ0n) is 10.5. The summed E-state index contributed by atoms with van der Waals surface area (Å²) >= 11 is 0. The number of hydrogen-bond acceptors (Lipinski definition) is 2. The highest BCUT2D eigenvalue weighted by Gasteiger charge is 2.35. The number of aryl methyl sites for hydroxylation is 1. The average Bonchev–Trinajstić information content (AvgIpc) is 2.59. The second kappa shape index (κ2) is 4.88. The van der Waals surface area contributed by atoms with Gasteiger partial charge in [0.15, 0.2) is 0 Å². The van der Waals surface area contributed by atoms with E-state index in [1.807, 2.05) is 4.90 Å². The van der Waals surface area contributed by atoms with Crippen LogP contribution in [0.4, 0.5) is 0 Å². The van der Waals surface area contributed by atoms with Crippen LogP contribution in [0.3, 0.4) is 0 Å². The van der Waals surface area contributed by atoms with Gasteiger partial charge in [0.05, 0.1) is 0 Å². The summed E-state index contributed by atoms with van der Waals surface area (Å²) in [5.41, 5.74) is 8.12. The van der Waals surface area contributed by atoms with Gasteiger partial charge in [-0.2, -0.15) is 0 Å².